The minimum Gasteiger partial charge on any atom is -0.324 e. The molecule has 0 fully saturated rings. The zero-order valence-electron chi connectivity index (χ0n) is 33.8. The van der Waals surface area contributed by atoms with Crippen molar-refractivity contribution in [2.45, 2.75) is 19.3 Å². The van der Waals surface area contributed by atoms with E-state index < -0.39 is 0 Å². The molecule has 1 unspecified atom stereocenters. The first-order valence-electron chi connectivity index (χ1n) is 20.8. The van der Waals surface area contributed by atoms with Crippen molar-refractivity contribution in [1.82, 2.24) is 29.9 Å². The molecule has 0 aliphatic carbocycles. The van der Waals surface area contributed by atoms with Crippen LogP contribution in [0.15, 0.2) is 188 Å². The normalized spacial score (nSPS) is 12.0. The van der Waals surface area contributed by atoms with E-state index in [0.717, 1.165) is 56.2 Å². The lowest BCUT2D eigenvalue weighted by molar-refractivity contribution is 0.694. The second-order valence-corrected chi connectivity index (χ2v) is 16.2. The molecule has 1 atom stereocenters. The monoisotopic (exact) mass is 814 g/mol. The number of nitrogens with zero attached hydrogens (tertiary/aromatic N) is 5. The molecule has 0 aliphatic heterocycles. The first-order valence-corrected chi connectivity index (χ1v) is 21.2. The van der Waals surface area contributed by atoms with Crippen LogP contribution >= 0.6 is 12.2 Å². The second kappa shape index (κ2) is 15.7. The van der Waals surface area contributed by atoms with Gasteiger partial charge < -0.3 is 4.98 Å². The van der Waals surface area contributed by atoms with E-state index in [9.17, 15) is 0 Å². The van der Waals surface area contributed by atoms with Crippen molar-refractivity contribution in [3.8, 4) is 56.7 Å². The van der Waals surface area contributed by atoms with Gasteiger partial charge in [0.25, 0.3) is 0 Å². The molecule has 6 nitrogen and oxygen atoms in total. The summed E-state index contributed by atoms with van der Waals surface area (Å²) >= 11 is 5.54. The van der Waals surface area contributed by atoms with Crippen LogP contribution in [-0.2, 0) is 6.42 Å². The SMILES string of the molecule is CC(Cc1ccc2c3ccc(-c4nc(=S)nc(-c5ccccc5)[nH]4)cc3c3ccccc3c2c1)c1nc(-c2ccc(-c3ccccc3)cc2)nc(-c2cccc3ccccc23)n1. The summed E-state index contributed by atoms with van der Waals surface area (Å²) in [5.41, 5.74) is 7.39. The van der Waals surface area contributed by atoms with Crippen molar-refractivity contribution in [2.75, 3.05) is 0 Å². The van der Waals surface area contributed by atoms with Crippen LogP contribution in [0.2, 0.25) is 0 Å². The van der Waals surface area contributed by atoms with Crippen molar-refractivity contribution >= 4 is 55.3 Å². The lowest BCUT2D eigenvalue weighted by Crippen LogP contribution is -2.08. The van der Waals surface area contributed by atoms with Gasteiger partial charge in [0.1, 0.15) is 17.5 Å². The quantitative estimate of drug-likeness (QED) is 0.122. The molecule has 2 heterocycles. The van der Waals surface area contributed by atoms with E-state index in [2.05, 4.69) is 174 Å². The highest BCUT2D eigenvalue weighted by molar-refractivity contribution is 7.71. The molecule has 0 saturated carbocycles. The predicted octanol–water partition coefficient (Wildman–Crippen LogP) is 14.0. The molecule has 0 amide bonds. The average molecular weight is 815 g/mol. The van der Waals surface area contributed by atoms with Crippen molar-refractivity contribution < 1.29 is 0 Å². The highest BCUT2D eigenvalue weighted by Crippen LogP contribution is 2.38. The van der Waals surface area contributed by atoms with Gasteiger partial charge in [-0.2, -0.15) is 0 Å². The predicted molar refractivity (Wildman–Crippen MR) is 256 cm³/mol. The number of rotatable bonds is 8. The Kier molecular flexibility index (Phi) is 9.44. The van der Waals surface area contributed by atoms with Gasteiger partial charge in [-0.05, 0) is 84.5 Å². The molecule has 62 heavy (non-hydrogen) atoms. The molecule has 1 N–H and O–H groups in total. The van der Waals surface area contributed by atoms with Crippen LogP contribution in [0.5, 0.6) is 0 Å². The summed E-state index contributed by atoms with van der Waals surface area (Å²) in [6.07, 6.45) is 0.753. The largest absolute Gasteiger partial charge is 0.324 e. The standard InChI is InChI=1S/C55H38N6S/c1-34(50-56-51(40-26-24-37(25-27-40)36-13-4-2-5-14-36)59-54(57-50)47-22-12-18-38-15-8-9-19-42(38)47)31-35-23-29-45-46-30-28-41(33-49(46)44-21-11-10-20-43(44)48(45)32-35)53-58-52(60-55(62)61-53)39-16-6-3-7-17-39/h2-30,32-34H,31H2,1H3,(H,58,60,61,62). The van der Waals surface area contributed by atoms with Gasteiger partial charge in [-0.1, -0.05) is 189 Å². The van der Waals surface area contributed by atoms with Gasteiger partial charge in [0, 0.05) is 28.2 Å². The summed E-state index contributed by atoms with van der Waals surface area (Å²) in [6, 6.07) is 65.8. The summed E-state index contributed by atoms with van der Waals surface area (Å²) in [5, 5.41) is 9.38. The number of nitrogens with one attached hydrogen (secondary N) is 1. The summed E-state index contributed by atoms with van der Waals surface area (Å²) in [4.78, 5) is 28.2. The van der Waals surface area contributed by atoms with Gasteiger partial charge in [-0.15, -0.1) is 0 Å². The second-order valence-electron chi connectivity index (χ2n) is 15.8. The number of hydrogen-bond acceptors (Lipinski definition) is 6. The molecule has 7 heteroatoms. The van der Waals surface area contributed by atoms with Crippen LogP contribution in [0.3, 0.4) is 0 Å². The molecule has 2 aromatic heterocycles. The third-order valence-corrected chi connectivity index (χ3v) is 12.0. The molecular formula is C55H38N6S. The van der Waals surface area contributed by atoms with E-state index in [4.69, 9.17) is 27.2 Å². The lowest BCUT2D eigenvalue weighted by atomic mass is 9.90. The number of aromatic nitrogens is 6. The fraction of sp³-hybridized carbons (Fsp3) is 0.0545. The minimum absolute atomic E-state index is 0.0000375. The molecule has 11 aromatic rings. The van der Waals surface area contributed by atoms with Gasteiger partial charge in [0.2, 0.25) is 4.77 Å². The van der Waals surface area contributed by atoms with Crippen molar-refractivity contribution in [3.05, 3.63) is 204 Å². The third kappa shape index (κ3) is 6.98. The van der Waals surface area contributed by atoms with Crippen LogP contribution in [0.1, 0.15) is 24.2 Å². The molecular weight excluding hydrogens is 777 g/mol. The molecule has 0 radical (unpaired) electrons. The van der Waals surface area contributed by atoms with Crippen LogP contribution in [0, 0.1) is 4.77 Å². The molecule has 11 rings (SSSR count). The molecule has 0 bridgehead atoms. The average Bonchev–Trinajstić information content (AvgIpc) is 3.34. The molecule has 0 aliphatic rings. The Morgan fingerprint density at radius 2 is 0.952 bits per heavy atom. The van der Waals surface area contributed by atoms with Gasteiger partial charge in [0.05, 0.1) is 0 Å². The van der Waals surface area contributed by atoms with Gasteiger partial charge in [0.15, 0.2) is 11.6 Å². The van der Waals surface area contributed by atoms with E-state index in [1.54, 1.807) is 0 Å². The highest BCUT2D eigenvalue weighted by Gasteiger charge is 2.19. The first kappa shape index (κ1) is 37.3. The Morgan fingerprint density at radius 1 is 0.419 bits per heavy atom. The van der Waals surface area contributed by atoms with Crippen molar-refractivity contribution in [2.24, 2.45) is 0 Å². The lowest BCUT2D eigenvalue weighted by Gasteiger charge is -2.16. The van der Waals surface area contributed by atoms with Gasteiger partial charge in [-0.25, -0.2) is 24.9 Å². The summed E-state index contributed by atoms with van der Waals surface area (Å²) < 4.78 is 0.304. The maximum absolute atomic E-state index is 5.54. The topological polar surface area (TPSA) is 80.2 Å². The Morgan fingerprint density at radius 3 is 1.69 bits per heavy atom. The van der Waals surface area contributed by atoms with Gasteiger partial charge in [-0.3, -0.25) is 0 Å². The number of fused-ring (bicyclic) bond motifs is 7. The third-order valence-electron chi connectivity index (χ3n) is 11.8. The number of H-pyrrole nitrogens is 1. The zero-order chi connectivity index (χ0) is 41.6. The van der Waals surface area contributed by atoms with Crippen LogP contribution in [-0.4, -0.2) is 29.9 Å². The molecule has 0 saturated heterocycles. The zero-order valence-corrected chi connectivity index (χ0v) is 34.6. The fourth-order valence-electron chi connectivity index (χ4n) is 8.70. The van der Waals surface area contributed by atoms with Crippen LogP contribution in [0.25, 0.3) is 99.8 Å². The van der Waals surface area contributed by atoms with Gasteiger partial charge >= 0.3 is 0 Å². The first-order chi connectivity index (χ1) is 30.5. The highest BCUT2D eigenvalue weighted by atomic mass is 32.1. The van der Waals surface area contributed by atoms with E-state index in [1.807, 2.05) is 36.4 Å². The summed E-state index contributed by atoms with van der Waals surface area (Å²) in [5.74, 6) is 3.49. The summed E-state index contributed by atoms with van der Waals surface area (Å²) in [7, 11) is 0. The van der Waals surface area contributed by atoms with Crippen molar-refractivity contribution in [3.63, 3.8) is 0 Å². The van der Waals surface area contributed by atoms with E-state index in [-0.39, 0.29) is 5.92 Å². The van der Waals surface area contributed by atoms with Crippen molar-refractivity contribution in [1.29, 1.82) is 0 Å². The van der Waals surface area contributed by atoms with E-state index in [1.165, 1.54) is 38.1 Å². The molecule has 9 aromatic carbocycles. The Balaban J connectivity index is 0.979. The fourth-order valence-corrected chi connectivity index (χ4v) is 8.88. The Labute approximate surface area is 363 Å². The molecule has 294 valence electrons. The van der Waals surface area contributed by atoms with Crippen LogP contribution in [0.4, 0.5) is 0 Å². The Hall–Kier alpha value is -7.74. The maximum atomic E-state index is 5.54. The number of benzene rings is 9. The van der Waals surface area contributed by atoms with Crippen LogP contribution < -0.4 is 0 Å². The minimum atomic E-state index is -0.0000375. The maximum Gasteiger partial charge on any atom is 0.223 e. The Bertz CT molecular complexity index is 3510. The smallest absolute Gasteiger partial charge is 0.223 e. The van der Waals surface area contributed by atoms with E-state index in [0.29, 0.717) is 28.1 Å². The number of hydrogen-bond donors (Lipinski definition) is 1. The van der Waals surface area contributed by atoms with E-state index >= 15 is 0 Å². The molecule has 0 spiro atoms. The summed E-state index contributed by atoms with van der Waals surface area (Å²) in [6.45, 7) is 2.22. The number of aromatic amines is 1.